The monoisotopic (exact) mass is 411 g/mol. The number of aliphatic hydroxyl groups is 1. The molecule has 6 heteroatoms. The van der Waals surface area contributed by atoms with E-state index in [1.54, 1.807) is 42.5 Å². The highest BCUT2D eigenvalue weighted by atomic mass is 127. The standard InChI is InChI=1S/C16H14INO4/c17-12-7-4-8-13(9-12)18-14(19)10-22-16(21)15(20)11-5-2-1-3-6-11/h1-9,15,20H,10H2,(H,18,19)/t15-/m1/s1. The Kier molecular flexibility index (Phi) is 5.91. The number of anilines is 1. The Morgan fingerprint density at radius 1 is 1.14 bits per heavy atom. The highest BCUT2D eigenvalue weighted by molar-refractivity contribution is 14.1. The van der Waals surface area contributed by atoms with Gasteiger partial charge in [-0.15, -0.1) is 0 Å². The molecule has 2 rings (SSSR count). The number of ether oxygens (including phenoxy) is 1. The Morgan fingerprint density at radius 2 is 1.86 bits per heavy atom. The Balaban J connectivity index is 1.84. The minimum atomic E-state index is -1.40. The zero-order valence-electron chi connectivity index (χ0n) is 11.5. The SMILES string of the molecule is O=C(COC(=O)[C@H](O)c1ccccc1)Nc1cccc(I)c1. The lowest BCUT2D eigenvalue weighted by Crippen LogP contribution is -2.23. The zero-order valence-corrected chi connectivity index (χ0v) is 13.7. The van der Waals surface area contributed by atoms with Crippen LogP contribution < -0.4 is 5.32 Å². The van der Waals surface area contributed by atoms with Gasteiger partial charge < -0.3 is 15.2 Å². The Labute approximate surface area is 141 Å². The molecule has 0 aliphatic heterocycles. The molecule has 0 fully saturated rings. The predicted octanol–water partition coefficient (Wildman–Crippen LogP) is 2.51. The largest absolute Gasteiger partial charge is 0.453 e. The number of carbonyl (C=O) groups excluding carboxylic acids is 2. The van der Waals surface area contributed by atoms with Gasteiger partial charge >= 0.3 is 5.97 Å². The quantitative estimate of drug-likeness (QED) is 0.586. The fourth-order valence-corrected chi connectivity index (χ4v) is 2.29. The van der Waals surface area contributed by atoms with Crippen molar-refractivity contribution in [1.82, 2.24) is 0 Å². The van der Waals surface area contributed by atoms with Crippen LogP contribution in [-0.4, -0.2) is 23.6 Å². The molecule has 2 N–H and O–H groups in total. The molecule has 0 spiro atoms. The summed E-state index contributed by atoms with van der Waals surface area (Å²) in [5.74, 6) is -1.32. The van der Waals surface area contributed by atoms with Gasteiger partial charge in [0.25, 0.3) is 5.91 Å². The van der Waals surface area contributed by atoms with Gasteiger partial charge in [0.1, 0.15) is 0 Å². The number of benzene rings is 2. The van der Waals surface area contributed by atoms with Crippen molar-refractivity contribution in [3.63, 3.8) is 0 Å². The van der Waals surface area contributed by atoms with Crippen LogP contribution in [-0.2, 0) is 14.3 Å². The smallest absolute Gasteiger partial charge is 0.340 e. The van der Waals surface area contributed by atoms with Gasteiger partial charge in [-0.25, -0.2) is 4.79 Å². The van der Waals surface area contributed by atoms with E-state index in [4.69, 9.17) is 4.74 Å². The van der Waals surface area contributed by atoms with Crippen molar-refractivity contribution < 1.29 is 19.4 Å². The Bertz CT molecular complexity index is 660. The summed E-state index contributed by atoms with van der Waals surface area (Å²) in [5.41, 5.74) is 1.04. The lowest BCUT2D eigenvalue weighted by atomic mass is 10.1. The van der Waals surface area contributed by atoms with Gasteiger partial charge in [-0.05, 0) is 46.4 Å². The number of hydrogen-bond acceptors (Lipinski definition) is 4. The summed E-state index contributed by atoms with van der Waals surface area (Å²) >= 11 is 2.13. The van der Waals surface area contributed by atoms with Crippen LogP contribution in [0.5, 0.6) is 0 Å². The summed E-state index contributed by atoms with van der Waals surface area (Å²) in [4.78, 5) is 23.4. The second kappa shape index (κ2) is 7.90. The van der Waals surface area contributed by atoms with Crippen LogP contribution in [0.25, 0.3) is 0 Å². The van der Waals surface area contributed by atoms with Crippen molar-refractivity contribution in [1.29, 1.82) is 0 Å². The minimum absolute atomic E-state index is 0.422. The van der Waals surface area contributed by atoms with E-state index in [0.717, 1.165) is 3.57 Å². The number of esters is 1. The highest BCUT2D eigenvalue weighted by Crippen LogP contribution is 2.14. The van der Waals surface area contributed by atoms with Crippen molar-refractivity contribution >= 4 is 40.2 Å². The minimum Gasteiger partial charge on any atom is -0.453 e. The second-order valence-electron chi connectivity index (χ2n) is 4.48. The molecule has 114 valence electrons. The van der Waals surface area contributed by atoms with Gasteiger partial charge in [0.05, 0.1) is 0 Å². The van der Waals surface area contributed by atoms with E-state index in [2.05, 4.69) is 27.9 Å². The topological polar surface area (TPSA) is 75.6 Å². The van der Waals surface area contributed by atoms with Crippen LogP contribution in [0, 0.1) is 3.57 Å². The van der Waals surface area contributed by atoms with E-state index < -0.39 is 24.6 Å². The maximum Gasteiger partial charge on any atom is 0.340 e. The molecule has 5 nitrogen and oxygen atoms in total. The molecule has 0 unspecified atom stereocenters. The average Bonchev–Trinajstić information content (AvgIpc) is 2.52. The molecule has 0 saturated heterocycles. The van der Waals surface area contributed by atoms with Crippen molar-refractivity contribution in [3.05, 3.63) is 63.7 Å². The van der Waals surface area contributed by atoms with Gasteiger partial charge in [0, 0.05) is 9.26 Å². The lowest BCUT2D eigenvalue weighted by Gasteiger charge is -2.11. The fraction of sp³-hybridized carbons (Fsp3) is 0.125. The first-order valence-corrected chi connectivity index (χ1v) is 7.59. The Hall–Kier alpha value is -1.93. The van der Waals surface area contributed by atoms with Gasteiger partial charge in [0.15, 0.2) is 12.7 Å². The molecule has 0 bridgehead atoms. The third-order valence-electron chi connectivity index (χ3n) is 2.79. The number of aliphatic hydroxyl groups excluding tert-OH is 1. The maximum absolute atomic E-state index is 11.7. The van der Waals surface area contributed by atoms with E-state index >= 15 is 0 Å². The van der Waals surface area contributed by atoms with E-state index in [1.807, 2.05) is 12.1 Å². The van der Waals surface area contributed by atoms with Crippen LogP contribution in [0.1, 0.15) is 11.7 Å². The molecule has 0 radical (unpaired) electrons. The predicted molar refractivity (Wildman–Crippen MR) is 90.1 cm³/mol. The van der Waals surface area contributed by atoms with Crippen LogP contribution in [0.4, 0.5) is 5.69 Å². The van der Waals surface area contributed by atoms with Crippen LogP contribution >= 0.6 is 22.6 Å². The molecule has 22 heavy (non-hydrogen) atoms. The summed E-state index contributed by atoms with van der Waals surface area (Å²) in [6.07, 6.45) is -1.40. The first kappa shape index (κ1) is 16.4. The number of nitrogens with one attached hydrogen (secondary N) is 1. The van der Waals surface area contributed by atoms with Crippen molar-refractivity contribution in [2.24, 2.45) is 0 Å². The van der Waals surface area contributed by atoms with Gasteiger partial charge in [0.2, 0.25) is 0 Å². The van der Waals surface area contributed by atoms with Crippen LogP contribution in [0.2, 0.25) is 0 Å². The lowest BCUT2D eigenvalue weighted by molar-refractivity contribution is -0.156. The molecule has 0 heterocycles. The summed E-state index contributed by atoms with van der Waals surface area (Å²) in [6, 6.07) is 15.6. The number of halogens is 1. The number of hydrogen-bond donors (Lipinski definition) is 2. The van der Waals surface area contributed by atoms with Crippen LogP contribution in [0.3, 0.4) is 0 Å². The third-order valence-corrected chi connectivity index (χ3v) is 3.46. The molecule has 2 aromatic rings. The first-order chi connectivity index (χ1) is 10.6. The second-order valence-corrected chi connectivity index (χ2v) is 5.73. The third kappa shape index (κ3) is 4.81. The summed E-state index contributed by atoms with van der Waals surface area (Å²) in [5, 5.41) is 12.4. The average molecular weight is 411 g/mol. The van der Waals surface area contributed by atoms with E-state index in [-0.39, 0.29) is 0 Å². The summed E-state index contributed by atoms with van der Waals surface area (Å²) < 4.78 is 5.80. The van der Waals surface area contributed by atoms with E-state index in [1.165, 1.54) is 0 Å². The fourth-order valence-electron chi connectivity index (χ4n) is 1.75. The van der Waals surface area contributed by atoms with Gasteiger partial charge in [-0.1, -0.05) is 36.4 Å². The summed E-state index contributed by atoms with van der Waals surface area (Å²) in [7, 11) is 0. The van der Waals surface area contributed by atoms with Gasteiger partial charge in [-0.2, -0.15) is 0 Å². The first-order valence-electron chi connectivity index (χ1n) is 6.51. The number of amides is 1. The van der Waals surface area contributed by atoms with E-state index in [0.29, 0.717) is 11.3 Å². The molecule has 1 amide bonds. The molecule has 0 aromatic heterocycles. The summed E-state index contributed by atoms with van der Waals surface area (Å²) in [6.45, 7) is -0.450. The molecular formula is C16H14INO4. The number of rotatable bonds is 5. The number of carbonyl (C=O) groups is 2. The molecule has 0 saturated carbocycles. The van der Waals surface area contributed by atoms with Gasteiger partial charge in [-0.3, -0.25) is 4.79 Å². The molecule has 1 atom stereocenters. The van der Waals surface area contributed by atoms with Crippen molar-refractivity contribution in [2.75, 3.05) is 11.9 Å². The molecule has 0 aliphatic rings. The van der Waals surface area contributed by atoms with E-state index in [9.17, 15) is 14.7 Å². The van der Waals surface area contributed by atoms with Crippen molar-refractivity contribution in [3.8, 4) is 0 Å². The Morgan fingerprint density at radius 3 is 2.55 bits per heavy atom. The maximum atomic E-state index is 11.7. The molecule has 2 aromatic carbocycles. The molecule has 0 aliphatic carbocycles. The van der Waals surface area contributed by atoms with Crippen molar-refractivity contribution in [2.45, 2.75) is 6.10 Å². The zero-order chi connectivity index (χ0) is 15.9. The highest BCUT2D eigenvalue weighted by Gasteiger charge is 2.19. The van der Waals surface area contributed by atoms with Crippen LogP contribution in [0.15, 0.2) is 54.6 Å². The molecular weight excluding hydrogens is 397 g/mol. The normalized spacial score (nSPS) is 11.5.